The number of carbonyl (C=O) groups is 1. The van der Waals surface area contributed by atoms with E-state index in [1.807, 2.05) is 17.4 Å². The normalized spacial score (nSPS) is 22.2. The number of methoxy groups -OCH3 is 2. The van der Waals surface area contributed by atoms with E-state index in [1.165, 1.54) is 5.30 Å². The molecule has 2 fully saturated rings. The molecule has 6 nitrogen and oxygen atoms in total. The van der Waals surface area contributed by atoms with Crippen LogP contribution in [0.15, 0.2) is 18.2 Å². The molecule has 8 heteroatoms. The summed E-state index contributed by atoms with van der Waals surface area (Å²) in [6, 6.07) is 6.36. The van der Waals surface area contributed by atoms with E-state index in [0.717, 1.165) is 88.3 Å². The van der Waals surface area contributed by atoms with E-state index in [1.54, 1.807) is 14.2 Å². The standard InChI is InChI=1S/C28H46NO5PS/c1-5-7-10-21(28(30)29-19-22-11-8-15-33-22)17-24(6-2)35(36-20-23-12-9-16-34-23)25-13-14-26(31-3)27(18-25)32-4/h13-14,18,21-24H,5-12,15-17,19-20H2,1-4H3,(H,29,30). The number of unbranched alkanes of at least 4 members (excludes halogenated alkanes) is 1. The monoisotopic (exact) mass is 539 g/mol. The van der Waals surface area contributed by atoms with Gasteiger partial charge in [0.2, 0.25) is 5.91 Å². The Hall–Kier alpha value is -1.01. The number of rotatable bonds is 16. The van der Waals surface area contributed by atoms with Crippen molar-refractivity contribution in [1.29, 1.82) is 0 Å². The molecular formula is C28H46NO5PS. The van der Waals surface area contributed by atoms with E-state index in [4.69, 9.17) is 18.9 Å². The van der Waals surface area contributed by atoms with Crippen LogP contribution < -0.4 is 20.1 Å². The van der Waals surface area contributed by atoms with Gasteiger partial charge >= 0.3 is 0 Å². The fourth-order valence-corrected chi connectivity index (χ4v) is 10.7. The summed E-state index contributed by atoms with van der Waals surface area (Å²) in [7, 11) is 2.80. The third-order valence-corrected chi connectivity index (χ3v) is 12.8. The molecule has 5 unspecified atom stereocenters. The molecule has 5 atom stereocenters. The highest BCUT2D eigenvalue weighted by atomic mass is 32.7. The Labute approximate surface area is 223 Å². The molecule has 2 saturated heterocycles. The Bertz CT molecular complexity index is 785. The lowest BCUT2D eigenvalue weighted by Gasteiger charge is -2.31. The zero-order chi connectivity index (χ0) is 25.8. The van der Waals surface area contributed by atoms with Crippen molar-refractivity contribution in [2.75, 3.05) is 39.7 Å². The fraction of sp³-hybridized carbons (Fsp3) is 0.750. The first kappa shape index (κ1) is 29.5. The maximum Gasteiger partial charge on any atom is 0.223 e. The molecule has 2 aliphatic rings. The molecule has 2 heterocycles. The Kier molecular flexibility index (Phi) is 13.2. The first-order chi connectivity index (χ1) is 17.6. The topological polar surface area (TPSA) is 66.0 Å². The van der Waals surface area contributed by atoms with Gasteiger partial charge in [0.15, 0.2) is 11.5 Å². The first-order valence-electron chi connectivity index (χ1n) is 13.7. The Morgan fingerprint density at radius 1 is 1.11 bits per heavy atom. The van der Waals surface area contributed by atoms with E-state index in [-0.39, 0.29) is 17.9 Å². The quantitative estimate of drug-likeness (QED) is 0.264. The third kappa shape index (κ3) is 8.79. The average Bonchev–Trinajstić information content (AvgIpc) is 3.63. The van der Waals surface area contributed by atoms with Gasteiger partial charge in [0.05, 0.1) is 26.4 Å². The van der Waals surface area contributed by atoms with Crippen molar-refractivity contribution in [3.8, 4) is 11.5 Å². The van der Waals surface area contributed by atoms with Crippen molar-refractivity contribution in [2.24, 2.45) is 5.92 Å². The SMILES string of the molecule is CCCCC(CC(CC)P(SCC1CCCO1)c1ccc(OC)c(OC)c1)C(=O)NCC1CCCO1. The summed E-state index contributed by atoms with van der Waals surface area (Å²) >= 11 is 2.04. The molecule has 2 aliphatic heterocycles. The van der Waals surface area contributed by atoms with Crippen LogP contribution in [0.1, 0.15) is 71.6 Å². The molecule has 0 saturated carbocycles. The molecule has 0 radical (unpaired) electrons. The van der Waals surface area contributed by atoms with E-state index in [2.05, 4.69) is 31.3 Å². The van der Waals surface area contributed by atoms with Gasteiger partial charge in [-0.2, -0.15) is 0 Å². The highest BCUT2D eigenvalue weighted by molar-refractivity contribution is 8.58. The van der Waals surface area contributed by atoms with Crippen molar-refractivity contribution in [1.82, 2.24) is 5.32 Å². The van der Waals surface area contributed by atoms with Crippen LogP contribution in [-0.2, 0) is 14.3 Å². The summed E-state index contributed by atoms with van der Waals surface area (Å²) in [6.45, 7) is 6.80. The van der Waals surface area contributed by atoms with Gasteiger partial charge in [-0.25, -0.2) is 0 Å². The van der Waals surface area contributed by atoms with Crippen molar-refractivity contribution in [3.05, 3.63) is 18.2 Å². The first-order valence-corrected chi connectivity index (χ1v) is 16.7. The highest BCUT2D eigenvalue weighted by Crippen LogP contribution is 2.57. The third-order valence-electron chi connectivity index (χ3n) is 7.21. The molecule has 0 aromatic heterocycles. The molecule has 0 bridgehead atoms. The smallest absolute Gasteiger partial charge is 0.223 e. The summed E-state index contributed by atoms with van der Waals surface area (Å²) in [5.74, 6) is 2.75. The summed E-state index contributed by atoms with van der Waals surface area (Å²) < 4.78 is 22.8. The second kappa shape index (κ2) is 16.1. The van der Waals surface area contributed by atoms with Crippen LogP contribution >= 0.6 is 18.5 Å². The van der Waals surface area contributed by atoms with Gasteiger partial charge in [-0.05, 0) is 81.2 Å². The number of nitrogens with one attached hydrogen (secondary N) is 1. The molecule has 0 spiro atoms. The number of hydrogen-bond acceptors (Lipinski definition) is 6. The average molecular weight is 540 g/mol. The summed E-state index contributed by atoms with van der Waals surface area (Å²) in [4.78, 5) is 13.3. The molecule has 1 aromatic carbocycles. The number of amides is 1. The molecule has 1 N–H and O–H groups in total. The zero-order valence-corrected chi connectivity index (χ0v) is 24.3. The van der Waals surface area contributed by atoms with Crippen LogP contribution in [0, 0.1) is 5.92 Å². The maximum atomic E-state index is 13.3. The van der Waals surface area contributed by atoms with Crippen molar-refractivity contribution in [2.45, 2.75) is 89.5 Å². The Morgan fingerprint density at radius 3 is 2.44 bits per heavy atom. The second-order valence-electron chi connectivity index (χ2n) is 9.81. The van der Waals surface area contributed by atoms with Crippen LogP contribution in [0.4, 0.5) is 0 Å². The van der Waals surface area contributed by atoms with Crippen molar-refractivity contribution in [3.63, 3.8) is 0 Å². The van der Waals surface area contributed by atoms with E-state index in [9.17, 15) is 4.79 Å². The molecule has 1 aromatic rings. The molecule has 3 rings (SSSR count). The van der Waals surface area contributed by atoms with Crippen LogP contribution in [-0.4, -0.2) is 63.5 Å². The zero-order valence-electron chi connectivity index (χ0n) is 22.6. The molecule has 1 amide bonds. The number of ether oxygens (including phenoxy) is 4. The molecule has 204 valence electrons. The second-order valence-corrected chi connectivity index (χ2v) is 14.3. The lowest BCUT2D eigenvalue weighted by atomic mass is 9.94. The van der Waals surface area contributed by atoms with Gasteiger partial charge in [0.25, 0.3) is 0 Å². The van der Waals surface area contributed by atoms with Crippen molar-refractivity contribution < 1.29 is 23.7 Å². The van der Waals surface area contributed by atoms with Gasteiger partial charge < -0.3 is 24.3 Å². The van der Waals surface area contributed by atoms with E-state index in [0.29, 0.717) is 18.3 Å². The Balaban J connectivity index is 1.77. The predicted molar refractivity (Wildman–Crippen MR) is 151 cm³/mol. The summed E-state index contributed by atoms with van der Waals surface area (Å²) in [5.41, 5.74) is 0.430. The molecule has 0 aliphatic carbocycles. The van der Waals surface area contributed by atoms with E-state index >= 15 is 0 Å². The van der Waals surface area contributed by atoms with Crippen LogP contribution in [0.2, 0.25) is 0 Å². The fourth-order valence-electron chi connectivity index (χ4n) is 5.02. The number of carbonyl (C=O) groups excluding carboxylic acids is 1. The maximum absolute atomic E-state index is 13.3. The molecular weight excluding hydrogens is 493 g/mol. The number of hydrogen-bond donors (Lipinski definition) is 1. The largest absolute Gasteiger partial charge is 0.493 e. The van der Waals surface area contributed by atoms with Crippen LogP contribution in [0.3, 0.4) is 0 Å². The minimum absolute atomic E-state index is 0.0322. The van der Waals surface area contributed by atoms with Gasteiger partial charge in [0, 0.05) is 31.4 Å². The van der Waals surface area contributed by atoms with Gasteiger partial charge in [-0.3, -0.25) is 4.79 Å². The van der Waals surface area contributed by atoms with Gasteiger partial charge in [-0.15, -0.1) is 11.4 Å². The predicted octanol–water partition coefficient (Wildman–Crippen LogP) is 5.91. The van der Waals surface area contributed by atoms with Crippen LogP contribution in [0.5, 0.6) is 11.5 Å². The van der Waals surface area contributed by atoms with Gasteiger partial charge in [-0.1, -0.05) is 26.7 Å². The van der Waals surface area contributed by atoms with Gasteiger partial charge in [0.1, 0.15) is 0 Å². The lowest BCUT2D eigenvalue weighted by molar-refractivity contribution is -0.126. The highest BCUT2D eigenvalue weighted by Gasteiger charge is 2.31. The lowest BCUT2D eigenvalue weighted by Crippen LogP contribution is -2.37. The van der Waals surface area contributed by atoms with Crippen LogP contribution in [0.25, 0.3) is 0 Å². The summed E-state index contributed by atoms with van der Waals surface area (Å²) in [5, 5.41) is 4.53. The minimum Gasteiger partial charge on any atom is -0.493 e. The number of benzene rings is 1. The molecule has 36 heavy (non-hydrogen) atoms. The Morgan fingerprint density at radius 2 is 1.83 bits per heavy atom. The summed E-state index contributed by atoms with van der Waals surface area (Å²) in [6.07, 6.45) is 10.0. The van der Waals surface area contributed by atoms with Crippen molar-refractivity contribution >= 4 is 29.7 Å². The van der Waals surface area contributed by atoms with E-state index < -0.39 is 7.12 Å². The minimum atomic E-state index is -0.569.